The quantitative estimate of drug-likeness (QED) is 0.572. The van der Waals surface area contributed by atoms with Gasteiger partial charge in [0, 0.05) is 12.0 Å². The number of carbonyl (C=O) groups excluding carboxylic acids is 3. The number of carbonyl (C=O) groups is 3. The van der Waals surface area contributed by atoms with Crippen molar-refractivity contribution in [3.05, 3.63) is 30.2 Å². The van der Waals surface area contributed by atoms with Crippen molar-refractivity contribution in [1.82, 2.24) is 5.32 Å². The van der Waals surface area contributed by atoms with Crippen LogP contribution in [0.25, 0.3) is 6.08 Å². The first kappa shape index (κ1) is 14.5. The summed E-state index contributed by atoms with van der Waals surface area (Å²) >= 11 is 0. The standard InChI is InChI=1S/C12H13NO6/c14-10(5-3-8-2-1-7-19-8)13-9(12(17)18)4-6-11(15)16/h1-3,5,7,9H,4,6H2,(H,13,14)(H,15,16)(H,17,18)/p-2/t9-/m0/s1. The Morgan fingerprint density at radius 3 is 2.63 bits per heavy atom. The minimum Gasteiger partial charge on any atom is -0.550 e. The molecule has 102 valence electrons. The number of carboxylic acids is 2. The molecular weight excluding hydrogens is 254 g/mol. The molecule has 0 bridgehead atoms. The predicted molar refractivity (Wildman–Crippen MR) is 58.9 cm³/mol. The lowest BCUT2D eigenvalue weighted by Crippen LogP contribution is -2.48. The molecule has 7 nitrogen and oxygen atoms in total. The summed E-state index contributed by atoms with van der Waals surface area (Å²) in [6.45, 7) is 0. The van der Waals surface area contributed by atoms with Crippen LogP contribution in [0.3, 0.4) is 0 Å². The summed E-state index contributed by atoms with van der Waals surface area (Å²) in [6.07, 6.45) is 3.06. The minimum absolute atomic E-state index is 0.301. The maximum Gasteiger partial charge on any atom is 0.244 e. The second-order valence-electron chi connectivity index (χ2n) is 3.64. The van der Waals surface area contributed by atoms with Gasteiger partial charge in [-0.3, -0.25) is 4.79 Å². The van der Waals surface area contributed by atoms with Gasteiger partial charge in [0.1, 0.15) is 5.76 Å². The number of rotatable bonds is 7. The molecule has 0 aromatic carbocycles. The van der Waals surface area contributed by atoms with Crippen LogP contribution < -0.4 is 15.5 Å². The minimum atomic E-state index is -1.55. The van der Waals surface area contributed by atoms with Crippen LogP contribution in [-0.2, 0) is 14.4 Å². The van der Waals surface area contributed by atoms with Gasteiger partial charge in [-0.1, -0.05) is 0 Å². The lowest BCUT2D eigenvalue weighted by Gasteiger charge is -2.18. The first-order valence-electron chi connectivity index (χ1n) is 5.42. The van der Waals surface area contributed by atoms with Crippen molar-refractivity contribution in [1.29, 1.82) is 0 Å². The maximum atomic E-state index is 11.4. The SMILES string of the molecule is O=C([O-])CC[C@H](NC(=O)C=Cc1ccco1)C(=O)[O-]. The normalized spacial score (nSPS) is 12.2. The smallest absolute Gasteiger partial charge is 0.244 e. The van der Waals surface area contributed by atoms with Gasteiger partial charge in [0.2, 0.25) is 5.91 Å². The number of aliphatic carboxylic acids is 2. The van der Waals surface area contributed by atoms with E-state index in [9.17, 15) is 24.6 Å². The monoisotopic (exact) mass is 265 g/mol. The fourth-order valence-corrected chi connectivity index (χ4v) is 1.27. The van der Waals surface area contributed by atoms with Crippen LogP contribution in [0, 0.1) is 0 Å². The van der Waals surface area contributed by atoms with Crippen molar-refractivity contribution in [3.8, 4) is 0 Å². The van der Waals surface area contributed by atoms with Gasteiger partial charge in [0.05, 0.1) is 18.3 Å². The zero-order valence-corrected chi connectivity index (χ0v) is 9.83. The second kappa shape index (κ2) is 7.00. The number of furan rings is 1. The van der Waals surface area contributed by atoms with Crippen molar-refractivity contribution in [2.24, 2.45) is 0 Å². The van der Waals surface area contributed by atoms with Crippen molar-refractivity contribution in [2.75, 3.05) is 0 Å². The van der Waals surface area contributed by atoms with Crippen molar-refractivity contribution in [3.63, 3.8) is 0 Å². The summed E-state index contributed by atoms with van der Waals surface area (Å²) in [5.74, 6) is -3.22. The Kier molecular flexibility index (Phi) is 5.34. The molecule has 0 saturated heterocycles. The maximum absolute atomic E-state index is 11.4. The van der Waals surface area contributed by atoms with Gasteiger partial charge in [-0.2, -0.15) is 0 Å². The summed E-state index contributed by atoms with van der Waals surface area (Å²) in [5, 5.41) is 23.0. The number of nitrogens with one attached hydrogen (secondary N) is 1. The number of carboxylic acid groups (broad SMARTS) is 2. The molecule has 0 aliphatic heterocycles. The fourth-order valence-electron chi connectivity index (χ4n) is 1.27. The third kappa shape index (κ3) is 5.53. The van der Waals surface area contributed by atoms with Gasteiger partial charge in [0.25, 0.3) is 0 Å². The van der Waals surface area contributed by atoms with Gasteiger partial charge in [-0.25, -0.2) is 0 Å². The first-order chi connectivity index (χ1) is 8.99. The molecule has 0 aliphatic rings. The van der Waals surface area contributed by atoms with E-state index in [4.69, 9.17) is 4.42 Å². The van der Waals surface area contributed by atoms with Gasteiger partial charge in [0.15, 0.2) is 0 Å². The highest BCUT2D eigenvalue weighted by atomic mass is 16.4. The Bertz CT molecular complexity index is 476. The molecule has 1 atom stereocenters. The highest BCUT2D eigenvalue weighted by Gasteiger charge is 2.11. The molecule has 0 saturated carbocycles. The van der Waals surface area contributed by atoms with E-state index in [1.165, 1.54) is 12.3 Å². The molecule has 0 radical (unpaired) electrons. The third-order valence-corrected chi connectivity index (χ3v) is 2.18. The van der Waals surface area contributed by atoms with E-state index in [1.54, 1.807) is 12.1 Å². The van der Waals surface area contributed by atoms with Crippen LogP contribution in [0.5, 0.6) is 0 Å². The van der Waals surface area contributed by atoms with Crippen molar-refractivity contribution < 1.29 is 29.0 Å². The van der Waals surface area contributed by atoms with Crippen LogP contribution in [-0.4, -0.2) is 23.9 Å². The van der Waals surface area contributed by atoms with Crippen molar-refractivity contribution >= 4 is 23.9 Å². The topological polar surface area (TPSA) is 122 Å². The Morgan fingerprint density at radius 1 is 1.37 bits per heavy atom. The average Bonchev–Trinajstić information content (AvgIpc) is 2.84. The first-order valence-corrected chi connectivity index (χ1v) is 5.42. The van der Waals surface area contributed by atoms with E-state index >= 15 is 0 Å². The van der Waals surface area contributed by atoms with E-state index < -0.39 is 30.3 Å². The third-order valence-electron chi connectivity index (χ3n) is 2.18. The second-order valence-corrected chi connectivity index (χ2v) is 3.64. The number of amides is 1. The molecular formula is C12H11NO6-2. The highest BCUT2D eigenvalue weighted by Crippen LogP contribution is 2.02. The van der Waals surface area contributed by atoms with Crippen molar-refractivity contribution in [2.45, 2.75) is 18.9 Å². The molecule has 1 N–H and O–H groups in total. The van der Waals surface area contributed by atoms with Gasteiger partial charge >= 0.3 is 0 Å². The van der Waals surface area contributed by atoms with E-state index in [2.05, 4.69) is 5.32 Å². The molecule has 0 unspecified atom stereocenters. The fraction of sp³-hybridized carbons (Fsp3) is 0.250. The molecule has 0 aliphatic carbocycles. The summed E-state index contributed by atoms with van der Waals surface area (Å²) in [4.78, 5) is 32.3. The van der Waals surface area contributed by atoms with Crippen LogP contribution in [0.1, 0.15) is 18.6 Å². The zero-order chi connectivity index (χ0) is 14.3. The van der Waals surface area contributed by atoms with E-state index in [0.29, 0.717) is 5.76 Å². The van der Waals surface area contributed by atoms with Crippen LogP contribution in [0.15, 0.2) is 28.9 Å². The molecule has 1 aromatic rings. The lowest BCUT2D eigenvalue weighted by molar-refractivity contribution is -0.310. The summed E-state index contributed by atoms with van der Waals surface area (Å²) < 4.78 is 4.93. The van der Waals surface area contributed by atoms with Crippen LogP contribution in [0.2, 0.25) is 0 Å². The Hall–Kier alpha value is -2.57. The van der Waals surface area contributed by atoms with Gasteiger partial charge in [-0.05, 0) is 31.1 Å². The van der Waals surface area contributed by atoms with Crippen LogP contribution in [0.4, 0.5) is 0 Å². The predicted octanol–water partition coefficient (Wildman–Crippen LogP) is -1.94. The summed E-state index contributed by atoms with van der Waals surface area (Å²) in [6, 6.07) is 1.85. The van der Waals surface area contributed by atoms with E-state index in [0.717, 1.165) is 6.08 Å². The van der Waals surface area contributed by atoms with Gasteiger partial charge in [-0.15, -0.1) is 0 Å². The zero-order valence-electron chi connectivity index (χ0n) is 9.83. The number of hydrogen-bond acceptors (Lipinski definition) is 6. The Morgan fingerprint density at radius 2 is 2.11 bits per heavy atom. The molecule has 0 spiro atoms. The van der Waals surface area contributed by atoms with Crippen LogP contribution >= 0.6 is 0 Å². The highest BCUT2D eigenvalue weighted by molar-refractivity contribution is 5.93. The Balaban J connectivity index is 2.51. The van der Waals surface area contributed by atoms with E-state index in [-0.39, 0.29) is 6.42 Å². The largest absolute Gasteiger partial charge is 0.550 e. The molecule has 1 heterocycles. The number of hydrogen-bond donors (Lipinski definition) is 1. The molecule has 0 fully saturated rings. The summed E-state index contributed by atoms with van der Waals surface area (Å²) in [5.41, 5.74) is 0. The Labute approximate surface area is 108 Å². The molecule has 7 heteroatoms. The molecule has 1 aromatic heterocycles. The van der Waals surface area contributed by atoms with Gasteiger partial charge < -0.3 is 29.5 Å². The lowest BCUT2D eigenvalue weighted by atomic mass is 10.1. The molecule has 19 heavy (non-hydrogen) atoms. The molecule has 1 rings (SSSR count). The van der Waals surface area contributed by atoms with E-state index in [1.807, 2.05) is 0 Å². The average molecular weight is 265 g/mol. The summed E-state index contributed by atoms with van der Waals surface area (Å²) in [7, 11) is 0. The molecule has 1 amide bonds.